The van der Waals surface area contributed by atoms with Crippen LogP contribution in [-0.2, 0) is 17.5 Å². The molecule has 1 amide bonds. The van der Waals surface area contributed by atoms with Crippen molar-refractivity contribution in [1.29, 1.82) is 0 Å². The van der Waals surface area contributed by atoms with Gasteiger partial charge in [-0.1, -0.05) is 32.0 Å². The predicted molar refractivity (Wildman–Crippen MR) is 87.3 cm³/mol. The van der Waals surface area contributed by atoms with E-state index >= 15 is 0 Å². The van der Waals surface area contributed by atoms with E-state index < -0.39 is 11.7 Å². The number of benzene rings is 1. The zero-order valence-corrected chi connectivity index (χ0v) is 14.4. The standard InChI is InChI=1S/C18H25F3N2O/c1-13-7-14(2)10-23(9-13)17(24)12-22(3)11-15-5-4-6-16(8-15)18(19,20)21/h4-6,8,13-14H,7,9-12H2,1-3H3. The minimum absolute atomic E-state index is 0.0443. The molecule has 0 saturated carbocycles. The molecule has 6 heteroatoms. The Bertz CT molecular complexity index is 564. The molecule has 1 aromatic rings. The van der Waals surface area contributed by atoms with Crippen molar-refractivity contribution in [1.82, 2.24) is 9.80 Å². The second-order valence-electron chi connectivity index (χ2n) is 7.12. The normalized spacial score (nSPS) is 22.0. The lowest BCUT2D eigenvalue weighted by Crippen LogP contribution is -2.46. The minimum Gasteiger partial charge on any atom is -0.341 e. The highest BCUT2D eigenvalue weighted by Gasteiger charge is 2.30. The number of amides is 1. The van der Waals surface area contributed by atoms with Crippen molar-refractivity contribution >= 4 is 5.91 Å². The molecular formula is C18H25F3N2O. The summed E-state index contributed by atoms with van der Waals surface area (Å²) in [6.07, 6.45) is -3.21. The van der Waals surface area contributed by atoms with Gasteiger partial charge >= 0.3 is 6.18 Å². The maximum absolute atomic E-state index is 12.8. The fraction of sp³-hybridized carbons (Fsp3) is 0.611. The highest BCUT2D eigenvalue weighted by atomic mass is 19.4. The number of nitrogens with zero attached hydrogens (tertiary/aromatic N) is 2. The Hall–Kier alpha value is -1.56. The summed E-state index contributed by atoms with van der Waals surface area (Å²) < 4.78 is 38.3. The van der Waals surface area contributed by atoms with E-state index in [1.807, 2.05) is 4.90 Å². The van der Waals surface area contributed by atoms with Gasteiger partial charge in [-0.2, -0.15) is 13.2 Å². The molecule has 0 N–H and O–H groups in total. The van der Waals surface area contributed by atoms with Crippen molar-refractivity contribution in [3.8, 4) is 0 Å². The van der Waals surface area contributed by atoms with E-state index in [4.69, 9.17) is 0 Å². The van der Waals surface area contributed by atoms with Crippen molar-refractivity contribution in [2.75, 3.05) is 26.7 Å². The van der Waals surface area contributed by atoms with E-state index in [1.165, 1.54) is 6.07 Å². The van der Waals surface area contributed by atoms with Gasteiger partial charge in [-0.25, -0.2) is 0 Å². The summed E-state index contributed by atoms with van der Waals surface area (Å²) in [7, 11) is 1.76. The zero-order valence-electron chi connectivity index (χ0n) is 14.4. The molecule has 2 atom stereocenters. The monoisotopic (exact) mass is 342 g/mol. The minimum atomic E-state index is -4.34. The Morgan fingerprint density at radius 2 is 1.88 bits per heavy atom. The molecule has 0 spiro atoms. The van der Waals surface area contributed by atoms with E-state index in [2.05, 4.69) is 13.8 Å². The smallest absolute Gasteiger partial charge is 0.341 e. The van der Waals surface area contributed by atoms with Crippen molar-refractivity contribution in [2.45, 2.75) is 33.0 Å². The fourth-order valence-electron chi connectivity index (χ4n) is 3.41. The van der Waals surface area contributed by atoms with Gasteiger partial charge in [-0.3, -0.25) is 9.69 Å². The average Bonchev–Trinajstić information content (AvgIpc) is 2.45. The summed E-state index contributed by atoms with van der Waals surface area (Å²) in [5.74, 6) is 1.03. The summed E-state index contributed by atoms with van der Waals surface area (Å²) in [6.45, 7) is 6.34. The van der Waals surface area contributed by atoms with Gasteiger partial charge in [-0.05, 0) is 36.9 Å². The quantitative estimate of drug-likeness (QED) is 0.834. The van der Waals surface area contributed by atoms with E-state index in [0.29, 0.717) is 23.9 Å². The van der Waals surface area contributed by atoms with Crippen LogP contribution in [0.3, 0.4) is 0 Å². The first-order valence-electron chi connectivity index (χ1n) is 8.27. The third-order valence-electron chi connectivity index (χ3n) is 4.33. The zero-order chi connectivity index (χ0) is 17.9. The van der Waals surface area contributed by atoms with Crippen molar-refractivity contribution in [3.63, 3.8) is 0 Å². The van der Waals surface area contributed by atoms with E-state index in [-0.39, 0.29) is 12.5 Å². The van der Waals surface area contributed by atoms with E-state index in [1.54, 1.807) is 18.0 Å². The first-order valence-corrected chi connectivity index (χ1v) is 8.27. The fourth-order valence-corrected chi connectivity index (χ4v) is 3.41. The molecule has 0 radical (unpaired) electrons. The number of hydrogen-bond acceptors (Lipinski definition) is 2. The molecule has 1 aliphatic heterocycles. The molecule has 2 unspecified atom stereocenters. The van der Waals surface area contributed by atoms with Crippen molar-refractivity contribution in [3.05, 3.63) is 35.4 Å². The van der Waals surface area contributed by atoms with Gasteiger partial charge in [-0.15, -0.1) is 0 Å². The van der Waals surface area contributed by atoms with Crippen molar-refractivity contribution in [2.24, 2.45) is 11.8 Å². The van der Waals surface area contributed by atoms with Crippen LogP contribution in [0.1, 0.15) is 31.4 Å². The number of carbonyl (C=O) groups excluding carboxylic acids is 1. The topological polar surface area (TPSA) is 23.6 Å². The molecule has 1 heterocycles. The van der Waals surface area contributed by atoms with Crippen LogP contribution in [0.5, 0.6) is 0 Å². The number of halogens is 3. The lowest BCUT2D eigenvalue weighted by molar-refractivity contribution is -0.138. The lowest BCUT2D eigenvalue weighted by atomic mass is 9.92. The van der Waals surface area contributed by atoms with E-state index in [0.717, 1.165) is 31.6 Å². The number of likely N-dealkylation sites (N-methyl/N-ethyl adjacent to an activating group) is 1. The Labute approximate surface area is 141 Å². The van der Waals surface area contributed by atoms with Crippen molar-refractivity contribution < 1.29 is 18.0 Å². The second-order valence-corrected chi connectivity index (χ2v) is 7.12. The molecule has 0 bridgehead atoms. The lowest BCUT2D eigenvalue weighted by Gasteiger charge is -2.35. The molecule has 3 nitrogen and oxygen atoms in total. The van der Waals surface area contributed by atoms with Gasteiger partial charge in [0.05, 0.1) is 12.1 Å². The van der Waals surface area contributed by atoms with Crippen LogP contribution in [0.4, 0.5) is 13.2 Å². The number of likely N-dealkylation sites (tertiary alicyclic amines) is 1. The number of hydrogen-bond donors (Lipinski definition) is 0. The summed E-state index contributed by atoms with van der Waals surface area (Å²) in [5, 5.41) is 0. The van der Waals surface area contributed by atoms with Crippen LogP contribution in [0, 0.1) is 11.8 Å². The predicted octanol–water partition coefficient (Wildman–Crippen LogP) is 3.64. The van der Waals surface area contributed by atoms with Crippen LogP contribution in [0.15, 0.2) is 24.3 Å². The van der Waals surface area contributed by atoms with Crippen LogP contribution in [0.25, 0.3) is 0 Å². The third kappa shape index (κ3) is 5.23. The summed E-state index contributed by atoms with van der Waals surface area (Å²) >= 11 is 0. The molecule has 2 rings (SSSR count). The molecule has 0 aromatic heterocycles. The van der Waals surface area contributed by atoms with Gasteiger partial charge in [0.2, 0.25) is 5.91 Å². The average molecular weight is 342 g/mol. The van der Waals surface area contributed by atoms with Crippen LogP contribution in [0.2, 0.25) is 0 Å². The Morgan fingerprint density at radius 3 is 2.46 bits per heavy atom. The first kappa shape index (κ1) is 18.8. The van der Waals surface area contributed by atoms with Gasteiger partial charge in [0.15, 0.2) is 0 Å². The molecule has 24 heavy (non-hydrogen) atoms. The Kier molecular flexibility index (Phi) is 5.91. The molecule has 1 saturated heterocycles. The van der Waals surface area contributed by atoms with Gasteiger partial charge in [0.1, 0.15) is 0 Å². The van der Waals surface area contributed by atoms with Crippen LogP contribution < -0.4 is 0 Å². The Morgan fingerprint density at radius 1 is 1.25 bits per heavy atom. The molecular weight excluding hydrogens is 317 g/mol. The summed E-state index contributed by atoms with van der Waals surface area (Å²) in [6, 6.07) is 5.26. The number of rotatable bonds is 4. The highest BCUT2D eigenvalue weighted by Crippen LogP contribution is 2.29. The number of alkyl halides is 3. The second kappa shape index (κ2) is 7.55. The number of carbonyl (C=O) groups is 1. The molecule has 1 aliphatic rings. The van der Waals surface area contributed by atoms with Gasteiger partial charge < -0.3 is 4.90 Å². The van der Waals surface area contributed by atoms with Gasteiger partial charge in [0.25, 0.3) is 0 Å². The Balaban J connectivity index is 1.93. The summed E-state index contributed by atoms with van der Waals surface area (Å²) in [4.78, 5) is 16.1. The first-order chi connectivity index (χ1) is 11.1. The van der Waals surface area contributed by atoms with Gasteiger partial charge in [0, 0.05) is 19.6 Å². The molecule has 1 fully saturated rings. The van der Waals surface area contributed by atoms with Crippen LogP contribution >= 0.6 is 0 Å². The maximum Gasteiger partial charge on any atom is 0.416 e. The van der Waals surface area contributed by atoms with Crippen LogP contribution in [-0.4, -0.2) is 42.4 Å². The maximum atomic E-state index is 12.8. The largest absolute Gasteiger partial charge is 0.416 e. The number of piperidine rings is 1. The highest BCUT2D eigenvalue weighted by molar-refractivity contribution is 5.78. The SMILES string of the molecule is CC1CC(C)CN(C(=O)CN(C)Cc2cccc(C(F)(F)F)c2)C1. The molecule has 1 aromatic carbocycles. The molecule has 0 aliphatic carbocycles. The summed E-state index contributed by atoms with van der Waals surface area (Å²) in [5.41, 5.74) is -0.0982. The third-order valence-corrected chi connectivity index (χ3v) is 4.33. The molecule has 134 valence electrons. The van der Waals surface area contributed by atoms with E-state index in [9.17, 15) is 18.0 Å².